The van der Waals surface area contributed by atoms with E-state index in [9.17, 15) is 0 Å². The smallest absolute Gasteiger partial charge is 0.0645 e. The maximum atomic E-state index is 8.06. The van der Waals surface area contributed by atoms with Crippen LogP contribution in [0.3, 0.4) is 0 Å². The average Bonchev–Trinajstić information content (AvgIpc) is 1.97. The quantitative estimate of drug-likeness (QED) is 0.249. The van der Waals surface area contributed by atoms with Gasteiger partial charge in [0.1, 0.15) is 0 Å². The Labute approximate surface area is 58.8 Å². The first-order valence-corrected chi connectivity index (χ1v) is 2.87. The number of ether oxygens (including phenoxy) is 1. The second-order valence-electron chi connectivity index (χ2n) is 1.47. The van der Waals surface area contributed by atoms with Gasteiger partial charge in [-0.1, -0.05) is 5.11 Å². The minimum absolute atomic E-state index is 0.335. The van der Waals surface area contributed by atoms with Crippen LogP contribution in [0.1, 0.15) is 6.42 Å². The summed E-state index contributed by atoms with van der Waals surface area (Å²) in [6.07, 6.45) is 0.385. The predicted molar refractivity (Wildman–Crippen MR) is 35.1 cm³/mol. The first-order chi connectivity index (χ1) is 4.91. The second-order valence-corrected chi connectivity index (χ2v) is 1.47. The van der Waals surface area contributed by atoms with Crippen LogP contribution in [-0.2, 0) is 4.74 Å². The van der Waals surface area contributed by atoms with Gasteiger partial charge in [0.05, 0.1) is 25.7 Å². The number of nitriles is 1. The minimum Gasteiger partial charge on any atom is -0.380 e. The van der Waals surface area contributed by atoms with Gasteiger partial charge in [-0.25, -0.2) is 0 Å². The molecule has 0 heterocycles. The molecule has 0 unspecified atom stereocenters. The van der Waals surface area contributed by atoms with Crippen molar-refractivity contribution in [1.29, 1.82) is 5.26 Å². The molecule has 0 fully saturated rings. The van der Waals surface area contributed by atoms with Gasteiger partial charge in [-0.2, -0.15) is 5.26 Å². The van der Waals surface area contributed by atoms with Crippen LogP contribution >= 0.6 is 0 Å². The van der Waals surface area contributed by atoms with Gasteiger partial charge in [0.15, 0.2) is 0 Å². The molecule has 0 saturated carbocycles. The first kappa shape index (κ1) is 8.76. The Morgan fingerprint density at radius 3 is 3.00 bits per heavy atom. The van der Waals surface area contributed by atoms with Gasteiger partial charge in [-0.3, -0.25) is 0 Å². The average molecular weight is 140 g/mol. The molecule has 0 rings (SSSR count). The van der Waals surface area contributed by atoms with Crippen LogP contribution in [0.25, 0.3) is 10.4 Å². The third kappa shape index (κ3) is 6.76. The lowest BCUT2D eigenvalue weighted by atomic mass is 10.5. The van der Waals surface area contributed by atoms with Gasteiger partial charge in [-0.05, 0) is 5.53 Å². The molecule has 10 heavy (non-hydrogen) atoms. The van der Waals surface area contributed by atoms with Crippen molar-refractivity contribution in [3.8, 4) is 6.07 Å². The fourth-order valence-electron chi connectivity index (χ4n) is 0.370. The van der Waals surface area contributed by atoms with Crippen LogP contribution in [0.2, 0.25) is 0 Å². The highest BCUT2D eigenvalue weighted by molar-refractivity contribution is 4.67. The van der Waals surface area contributed by atoms with Gasteiger partial charge >= 0.3 is 0 Å². The molecular weight excluding hydrogens is 132 g/mol. The molecule has 0 aromatic rings. The lowest BCUT2D eigenvalue weighted by Gasteiger charge is -1.94. The Morgan fingerprint density at radius 2 is 2.40 bits per heavy atom. The molecule has 0 radical (unpaired) electrons. The molecule has 5 heteroatoms. The summed E-state index contributed by atoms with van der Waals surface area (Å²) in [4.78, 5) is 2.53. The van der Waals surface area contributed by atoms with Gasteiger partial charge < -0.3 is 4.74 Å². The van der Waals surface area contributed by atoms with E-state index >= 15 is 0 Å². The van der Waals surface area contributed by atoms with Crippen LogP contribution in [-0.4, -0.2) is 19.8 Å². The van der Waals surface area contributed by atoms with Crippen molar-refractivity contribution in [2.75, 3.05) is 19.8 Å². The van der Waals surface area contributed by atoms with Crippen LogP contribution in [0.5, 0.6) is 0 Å². The SMILES string of the molecule is N#CCCOCCN=[N+]=[N-]. The number of azide groups is 1. The summed E-state index contributed by atoms with van der Waals surface area (Å²) in [7, 11) is 0. The molecule has 0 aliphatic heterocycles. The van der Waals surface area contributed by atoms with E-state index in [0.29, 0.717) is 26.2 Å². The molecule has 0 aromatic carbocycles. The van der Waals surface area contributed by atoms with E-state index in [-0.39, 0.29) is 0 Å². The Kier molecular flexibility index (Phi) is 6.80. The second kappa shape index (κ2) is 7.76. The maximum Gasteiger partial charge on any atom is 0.0645 e. The van der Waals surface area contributed by atoms with E-state index in [2.05, 4.69) is 10.0 Å². The molecule has 0 bridgehead atoms. The summed E-state index contributed by atoms with van der Waals surface area (Å²) < 4.78 is 4.89. The van der Waals surface area contributed by atoms with E-state index in [1.54, 1.807) is 0 Å². The predicted octanol–water partition coefficient (Wildman–Crippen LogP) is 1.23. The van der Waals surface area contributed by atoms with Crippen LogP contribution in [0.15, 0.2) is 5.11 Å². The molecule has 0 aromatic heterocycles. The summed E-state index contributed by atoms with van der Waals surface area (Å²) in [5, 5.41) is 11.3. The standard InChI is InChI=1S/C5H8N4O/c6-2-1-4-10-5-3-8-9-7/h1,3-5H2. The highest BCUT2D eigenvalue weighted by Crippen LogP contribution is 1.80. The first-order valence-electron chi connectivity index (χ1n) is 2.87. The third-order valence-electron chi connectivity index (χ3n) is 0.757. The highest BCUT2D eigenvalue weighted by Gasteiger charge is 1.83. The van der Waals surface area contributed by atoms with Gasteiger partial charge in [0.25, 0.3) is 0 Å². The van der Waals surface area contributed by atoms with Crippen molar-refractivity contribution < 1.29 is 4.74 Å². The largest absolute Gasteiger partial charge is 0.380 e. The Morgan fingerprint density at radius 1 is 1.60 bits per heavy atom. The monoisotopic (exact) mass is 140 g/mol. The van der Waals surface area contributed by atoms with Crippen molar-refractivity contribution in [3.05, 3.63) is 10.4 Å². The molecule has 0 amide bonds. The fraction of sp³-hybridized carbons (Fsp3) is 0.800. The molecule has 0 aliphatic carbocycles. The topological polar surface area (TPSA) is 81.8 Å². The lowest BCUT2D eigenvalue weighted by molar-refractivity contribution is 0.147. The normalized spacial score (nSPS) is 7.90. The molecule has 0 saturated heterocycles. The van der Waals surface area contributed by atoms with Gasteiger partial charge in [0, 0.05) is 11.5 Å². The summed E-state index contributed by atoms with van der Waals surface area (Å²) in [5.41, 5.74) is 7.82. The van der Waals surface area contributed by atoms with E-state index < -0.39 is 0 Å². The summed E-state index contributed by atoms with van der Waals surface area (Å²) in [5.74, 6) is 0. The third-order valence-corrected chi connectivity index (χ3v) is 0.757. The molecule has 0 aliphatic rings. The molecular formula is C5H8N4O. The van der Waals surface area contributed by atoms with E-state index in [4.69, 9.17) is 15.5 Å². The minimum atomic E-state index is 0.335. The zero-order valence-electron chi connectivity index (χ0n) is 5.53. The lowest BCUT2D eigenvalue weighted by Crippen LogP contribution is -1.98. The fourth-order valence-corrected chi connectivity index (χ4v) is 0.370. The zero-order valence-corrected chi connectivity index (χ0v) is 5.53. The van der Waals surface area contributed by atoms with Crippen molar-refractivity contribution >= 4 is 0 Å². The van der Waals surface area contributed by atoms with Crippen LogP contribution < -0.4 is 0 Å². The Balaban J connectivity index is 2.92. The van der Waals surface area contributed by atoms with E-state index in [0.717, 1.165) is 0 Å². The van der Waals surface area contributed by atoms with Crippen LogP contribution in [0.4, 0.5) is 0 Å². The van der Waals surface area contributed by atoms with Crippen molar-refractivity contribution in [2.24, 2.45) is 5.11 Å². The molecule has 54 valence electrons. The molecule has 0 atom stereocenters. The summed E-state index contributed by atoms with van der Waals surface area (Å²) in [6.45, 7) is 1.14. The molecule has 5 nitrogen and oxygen atoms in total. The summed E-state index contributed by atoms with van der Waals surface area (Å²) in [6, 6.07) is 1.93. The number of rotatable bonds is 5. The van der Waals surface area contributed by atoms with E-state index in [1.165, 1.54) is 0 Å². The van der Waals surface area contributed by atoms with Crippen molar-refractivity contribution in [1.82, 2.24) is 0 Å². The molecule has 0 N–H and O–H groups in total. The highest BCUT2D eigenvalue weighted by atomic mass is 16.5. The number of hydrogen-bond donors (Lipinski definition) is 0. The van der Waals surface area contributed by atoms with Crippen molar-refractivity contribution in [3.63, 3.8) is 0 Å². The number of hydrogen-bond acceptors (Lipinski definition) is 3. The van der Waals surface area contributed by atoms with Crippen molar-refractivity contribution in [2.45, 2.75) is 6.42 Å². The maximum absolute atomic E-state index is 8.06. The summed E-state index contributed by atoms with van der Waals surface area (Å²) >= 11 is 0. The zero-order chi connectivity index (χ0) is 7.66. The van der Waals surface area contributed by atoms with Gasteiger partial charge in [0.2, 0.25) is 0 Å². The van der Waals surface area contributed by atoms with E-state index in [1.807, 2.05) is 6.07 Å². The van der Waals surface area contributed by atoms with Gasteiger partial charge in [-0.15, -0.1) is 0 Å². The Bertz CT molecular complexity index is 156. The Hall–Kier alpha value is -1.24. The number of nitrogens with zero attached hydrogens (tertiary/aromatic N) is 4. The van der Waals surface area contributed by atoms with Crippen LogP contribution in [0, 0.1) is 11.3 Å². The molecule has 0 spiro atoms.